The molecule has 2 saturated heterocycles. The normalized spacial score (nSPS) is 23.1. The summed E-state index contributed by atoms with van der Waals surface area (Å²) >= 11 is 0. The van der Waals surface area contributed by atoms with Gasteiger partial charge in [-0.1, -0.05) is 0 Å². The quantitative estimate of drug-likeness (QED) is 0.593. The average molecular weight is 364 g/mol. The van der Waals surface area contributed by atoms with Crippen LogP contribution in [0, 0.1) is 16.0 Å². The first-order chi connectivity index (χ1) is 12.6. The molecule has 1 unspecified atom stereocenters. The van der Waals surface area contributed by atoms with Gasteiger partial charge in [-0.05, 0) is 12.8 Å². The van der Waals surface area contributed by atoms with E-state index in [4.69, 9.17) is 18.9 Å². The number of benzene rings is 1. The number of piperidine rings is 1. The maximum Gasteiger partial charge on any atom is 0.286 e. The van der Waals surface area contributed by atoms with Gasteiger partial charge in [0.05, 0.1) is 24.2 Å². The number of nitro groups is 1. The lowest BCUT2D eigenvalue weighted by Crippen LogP contribution is -2.44. The third-order valence-electron chi connectivity index (χ3n) is 4.87. The van der Waals surface area contributed by atoms with Crippen molar-refractivity contribution in [2.75, 3.05) is 39.5 Å². The number of amides is 1. The molecule has 0 bridgehead atoms. The van der Waals surface area contributed by atoms with Gasteiger partial charge in [0, 0.05) is 25.1 Å². The summed E-state index contributed by atoms with van der Waals surface area (Å²) in [4.78, 5) is 25.6. The van der Waals surface area contributed by atoms with Crippen LogP contribution in [0.1, 0.15) is 23.2 Å². The maximum atomic E-state index is 13.0. The van der Waals surface area contributed by atoms with Crippen molar-refractivity contribution in [1.82, 2.24) is 4.90 Å². The van der Waals surface area contributed by atoms with Gasteiger partial charge in [-0.2, -0.15) is 0 Å². The molecule has 0 N–H and O–H groups in total. The SMILES string of the molecule is O=C(c1cc2c(cc1[N+](=O)[O-])OCCO2)N1CCCC(C2OCCO2)C1. The summed E-state index contributed by atoms with van der Waals surface area (Å²) in [6.45, 7) is 2.79. The van der Waals surface area contributed by atoms with Crippen LogP contribution in [0.3, 0.4) is 0 Å². The molecular weight excluding hydrogens is 344 g/mol. The Balaban J connectivity index is 1.59. The Bertz CT molecular complexity index is 717. The van der Waals surface area contributed by atoms with Crippen LogP contribution in [0.25, 0.3) is 0 Å². The number of hydrogen-bond donors (Lipinski definition) is 0. The van der Waals surface area contributed by atoms with E-state index >= 15 is 0 Å². The zero-order valence-corrected chi connectivity index (χ0v) is 14.2. The molecule has 0 spiro atoms. The van der Waals surface area contributed by atoms with Crippen LogP contribution in [0.5, 0.6) is 11.5 Å². The molecule has 2 fully saturated rings. The van der Waals surface area contributed by atoms with Gasteiger partial charge in [-0.15, -0.1) is 0 Å². The van der Waals surface area contributed by atoms with E-state index < -0.39 is 4.92 Å². The summed E-state index contributed by atoms with van der Waals surface area (Å²) < 4.78 is 22.0. The van der Waals surface area contributed by atoms with E-state index in [0.717, 1.165) is 12.8 Å². The van der Waals surface area contributed by atoms with Crippen LogP contribution in [0.2, 0.25) is 0 Å². The molecule has 9 nitrogen and oxygen atoms in total. The Morgan fingerprint density at radius 2 is 1.81 bits per heavy atom. The second-order valence-electron chi connectivity index (χ2n) is 6.53. The molecule has 140 valence electrons. The average Bonchev–Trinajstić information content (AvgIpc) is 3.21. The van der Waals surface area contributed by atoms with Crippen molar-refractivity contribution >= 4 is 11.6 Å². The molecule has 1 aromatic carbocycles. The fourth-order valence-electron chi connectivity index (χ4n) is 3.64. The minimum absolute atomic E-state index is 0.0214. The van der Waals surface area contributed by atoms with Crippen molar-refractivity contribution in [3.8, 4) is 11.5 Å². The second kappa shape index (κ2) is 7.08. The third-order valence-corrected chi connectivity index (χ3v) is 4.87. The van der Waals surface area contributed by atoms with E-state index in [2.05, 4.69) is 0 Å². The van der Waals surface area contributed by atoms with E-state index in [1.54, 1.807) is 4.90 Å². The van der Waals surface area contributed by atoms with Crippen molar-refractivity contribution in [3.05, 3.63) is 27.8 Å². The highest BCUT2D eigenvalue weighted by atomic mass is 16.7. The van der Waals surface area contributed by atoms with Crippen molar-refractivity contribution in [2.45, 2.75) is 19.1 Å². The van der Waals surface area contributed by atoms with Gasteiger partial charge < -0.3 is 23.8 Å². The van der Waals surface area contributed by atoms with Crippen LogP contribution in [-0.4, -0.2) is 61.5 Å². The van der Waals surface area contributed by atoms with Gasteiger partial charge in [0.25, 0.3) is 11.6 Å². The second-order valence-corrected chi connectivity index (χ2v) is 6.53. The molecule has 4 rings (SSSR count). The molecule has 1 atom stereocenters. The molecule has 3 aliphatic heterocycles. The Morgan fingerprint density at radius 1 is 1.12 bits per heavy atom. The fourth-order valence-corrected chi connectivity index (χ4v) is 3.64. The van der Waals surface area contributed by atoms with Gasteiger partial charge in [0.15, 0.2) is 17.8 Å². The number of ether oxygens (including phenoxy) is 4. The molecule has 0 aliphatic carbocycles. The van der Waals surface area contributed by atoms with E-state index in [1.807, 2.05) is 0 Å². The predicted molar refractivity (Wildman–Crippen MR) is 88.4 cm³/mol. The lowest BCUT2D eigenvalue weighted by Gasteiger charge is -2.34. The zero-order chi connectivity index (χ0) is 18.1. The topological polar surface area (TPSA) is 100 Å². The fraction of sp³-hybridized carbons (Fsp3) is 0.588. The predicted octanol–water partition coefficient (Wildman–Crippen LogP) is 1.59. The number of carbonyl (C=O) groups is 1. The smallest absolute Gasteiger partial charge is 0.286 e. The van der Waals surface area contributed by atoms with Crippen molar-refractivity contribution < 1.29 is 28.7 Å². The summed E-state index contributed by atoms with van der Waals surface area (Å²) in [5.41, 5.74) is -0.247. The third kappa shape index (κ3) is 3.19. The molecular formula is C17H20N2O7. The Hall–Kier alpha value is -2.39. The van der Waals surface area contributed by atoms with E-state index in [1.165, 1.54) is 12.1 Å². The number of likely N-dealkylation sites (tertiary alicyclic amines) is 1. The number of nitrogens with zero attached hydrogens (tertiary/aromatic N) is 2. The number of fused-ring (bicyclic) bond motifs is 1. The summed E-state index contributed by atoms with van der Waals surface area (Å²) in [6, 6.07) is 2.69. The van der Waals surface area contributed by atoms with E-state index in [9.17, 15) is 14.9 Å². The lowest BCUT2D eigenvalue weighted by molar-refractivity contribution is -0.385. The van der Waals surface area contributed by atoms with Crippen molar-refractivity contribution in [3.63, 3.8) is 0 Å². The minimum Gasteiger partial charge on any atom is -0.486 e. The Morgan fingerprint density at radius 3 is 2.50 bits per heavy atom. The highest BCUT2D eigenvalue weighted by molar-refractivity contribution is 5.99. The molecule has 3 heterocycles. The van der Waals surface area contributed by atoms with Crippen molar-refractivity contribution in [1.29, 1.82) is 0 Å². The number of rotatable bonds is 3. The molecule has 9 heteroatoms. The van der Waals surface area contributed by atoms with Gasteiger partial charge in [0.2, 0.25) is 0 Å². The van der Waals surface area contributed by atoms with Crippen LogP contribution in [0.15, 0.2) is 12.1 Å². The zero-order valence-electron chi connectivity index (χ0n) is 14.2. The van der Waals surface area contributed by atoms with Crippen molar-refractivity contribution in [2.24, 2.45) is 5.92 Å². The highest BCUT2D eigenvalue weighted by Crippen LogP contribution is 2.37. The summed E-state index contributed by atoms with van der Waals surface area (Å²) in [7, 11) is 0. The number of hydrogen-bond acceptors (Lipinski definition) is 7. The van der Waals surface area contributed by atoms with E-state index in [-0.39, 0.29) is 29.4 Å². The first kappa shape index (κ1) is 17.0. The van der Waals surface area contributed by atoms with Gasteiger partial charge in [0.1, 0.15) is 18.8 Å². The molecule has 0 aromatic heterocycles. The molecule has 1 aromatic rings. The van der Waals surface area contributed by atoms with Crippen LogP contribution in [-0.2, 0) is 9.47 Å². The van der Waals surface area contributed by atoms with Crippen LogP contribution >= 0.6 is 0 Å². The van der Waals surface area contributed by atoms with Gasteiger partial charge >= 0.3 is 0 Å². The summed E-state index contributed by atoms with van der Waals surface area (Å²) in [6.07, 6.45) is 1.40. The Labute approximate surface area is 149 Å². The summed E-state index contributed by atoms with van der Waals surface area (Å²) in [5.74, 6) is 0.354. The first-order valence-electron chi connectivity index (χ1n) is 8.74. The molecule has 1 amide bonds. The molecule has 0 saturated carbocycles. The lowest BCUT2D eigenvalue weighted by atomic mass is 9.96. The standard InChI is InChI=1S/C17H20N2O7/c20-16(18-3-1-2-11(10-18)17-25-6-7-26-17)12-8-14-15(24-5-4-23-14)9-13(12)19(21)22/h8-9,11,17H,1-7,10H2. The number of nitro benzene ring substituents is 1. The number of carbonyl (C=O) groups excluding carboxylic acids is 1. The van der Waals surface area contributed by atoms with Gasteiger partial charge in [-0.3, -0.25) is 14.9 Å². The largest absolute Gasteiger partial charge is 0.486 e. The van der Waals surface area contributed by atoms with Gasteiger partial charge in [-0.25, -0.2) is 0 Å². The molecule has 26 heavy (non-hydrogen) atoms. The Kier molecular flexibility index (Phi) is 4.64. The monoisotopic (exact) mass is 364 g/mol. The summed E-state index contributed by atoms with van der Waals surface area (Å²) in [5, 5.41) is 11.5. The van der Waals surface area contributed by atoms with Crippen LogP contribution in [0.4, 0.5) is 5.69 Å². The minimum atomic E-state index is -0.559. The van der Waals surface area contributed by atoms with E-state index in [0.29, 0.717) is 51.0 Å². The van der Waals surface area contributed by atoms with Crippen LogP contribution < -0.4 is 9.47 Å². The first-order valence-corrected chi connectivity index (χ1v) is 8.74. The molecule has 3 aliphatic rings. The highest BCUT2D eigenvalue weighted by Gasteiger charge is 2.35. The maximum absolute atomic E-state index is 13.0. The molecule has 0 radical (unpaired) electrons.